The van der Waals surface area contributed by atoms with Crippen molar-refractivity contribution in [2.75, 3.05) is 59.4 Å². The average Bonchev–Trinajstić information content (AvgIpc) is 3.26. The van der Waals surface area contributed by atoms with Gasteiger partial charge < -0.3 is 19.5 Å². The fourth-order valence-corrected chi connectivity index (χ4v) is 5.23. The number of carbonyl (C=O) groups excluding carboxylic acids is 2. The molecule has 0 radical (unpaired) electrons. The van der Waals surface area contributed by atoms with Crippen molar-refractivity contribution in [3.05, 3.63) is 24.2 Å². The number of nitrogens with one attached hydrogen (secondary N) is 1. The lowest BCUT2D eigenvalue weighted by Gasteiger charge is -2.40. The van der Waals surface area contributed by atoms with E-state index in [-0.39, 0.29) is 30.7 Å². The highest BCUT2D eigenvalue weighted by Crippen LogP contribution is 2.16. The van der Waals surface area contributed by atoms with Gasteiger partial charge in [0.25, 0.3) is 16.1 Å². The molecule has 2 fully saturated rings. The molecule has 1 aromatic rings. The number of nitrogens with zero attached hydrogens (tertiary/aromatic N) is 4. The molecule has 3 heterocycles. The molecule has 1 aromatic heterocycles. The summed E-state index contributed by atoms with van der Waals surface area (Å²) in [7, 11) is -1.55. The lowest BCUT2D eigenvalue weighted by Crippen LogP contribution is -2.59. The van der Waals surface area contributed by atoms with Crippen LogP contribution in [0, 0.1) is 5.92 Å². The summed E-state index contributed by atoms with van der Waals surface area (Å²) in [6.07, 6.45) is 1.40. The maximum Gasteiger partial charge on any atom is 0.287 e. The van der Waals surface area contributed by atoms with Crippen LogP contribution in [0.4, 0.5) is 0 Å². The first kappa shape index (κ1) is 22.7. The molecule has 10 nitrogen and oxygen atoms in total. The molecule has 168 valence electrons. The van der Waals surface area contributed by atoms with Crippen LogP contribution in [0.25, 0.3) is 0 Å². The summed E-state index contributed by atoms with van der Waals surface area (Å²) in [5.74, 6) is -0.620. The predicted molar refractivity (Wildman–Crippen MR) is 111 cm³/mol. The van der Waals surface area contributed by atoms with Crippen molar-refractivity contribution in [1.29, 1.82) is 0 Å². The fraction of sp³-hybridized carbons (Fsp3) is 0.684. The molecule has 2 aliphatic rings. The van der Waals surface area contributed by atoms with Gasteiger partial charge in [-0.05, 0) is 25.1 Å². The minimum atomic E-state index is -3.52. The molecule has 0 saturated carbocycles. The average molecular weight is 442 g/mol. The van der Waals surface area contributed by atoms with Gasteiger partial charge in [0.1, 0.15) is 6.04 Å². The Morgan fingerprint density at radius 3 is 2.07 bits per heavy atom. The zero-order chi connectivity index (χ0) is 21.9. The van der Waals surface area contributed by atoms with Gasteiger partial charge in [0, 0.05) is 52.4 Å². The van der Waals surface area contributed by atoms with Crippen LogP contribution < -0.4 is 5.32 Å². The molecule has 0 aliphatic carbocycles. The first-order valence-electron chi connectivity index (χ1n) is 10.3. The van der Waals surface area contributed by atoms with Gasteiger partial charge >= 0.3 is 0 Å². The van der Waals surface area contributed by atoms with E-state index >= 15 is 0 Å². The highest BCUT2D eigenvalue weighted by Gasteiger charge is 2.37. The van der Waals surface area contributed by atoms with Crippen LogP contribution >= 0.6 is 0 Å². The smallest absolute Gasteiger partial charge is 0.287 e. The molecule has 3 rings (SSSR count). The predicted octanol–water partition coefficient (Wildman–Crippen LogP) is -0.330. The monoisotopic (exact) mass is 441 g/mol. The molecule has 1 unspecified atom stereocenters. The van der Waals surface area contributed by atoms with Crippen LogP contribution in [0.1, 0.15) is 24.4 Å². The third-order valence-electron chi connectivity index (χ3n) is 5.63. The molecular formula is C19H31N5O5S. The van der Waals surface area contributed by atoms with E-state index < -0.39 is 22.2 Å². The topological polar surface area (TPSA) is 106 Å². The van der Waals surface area contributed by atoms with E-state index in [9.17, 15) is 18.0 Å². The second-order valence-electron chi connectivity index (χ2n) is 8.11. The quantitative estimate of drug-likeness (QED) is 0.648. The summed E-state index contributed by atoms with van der Waals surface area (Å²) in [5.41, 5.74) is 0. The molecule has 1 atom stereocenters. The molecule has 2 amide bonds. The van der Waals surface area contributed by atoms with Crippen molar-refractivity contribution in [3.8, 4) is 0 Å². The van der Waals surface area contributed by atoms with Gasteiger partial charge in [0.05, 0.1) is 6.26 Å². The minimum absolute atomic E-state index is 0.122. The van der Waals surface area contributed by atoms with E-state index in [1.54, 1.807) is 17.0 Å². The number of carbonyl (C=O) groups is 2. The highest BCUT2D eigenvalue weighted by molar-refractivity contribution is 7.86. The molecule has 0 aromatic carbocycles. The lowest BCUT2D eigenvalue weighted by molar-refractivity contribution is -0.135. The van der Waals surface area contributed by atoms with Crippen molar-refractivity contribution in [2.24, 2.45) is 5.92 Å². The lowest BCUT2D eigenvalue weighted by atomic mass is 10.0. The Morgan fingerprint density at radius 1 is 1.00 bits per heavy atom. The van der Waals surface area contributed by atoms with Crippen LogP contribution in [0.3, 0.4) is 0 Å². The van der Waals surface area contributed by atoms with Crippen LogP contribution in [0.5, 0.6) is 0 Å². The summed E-state index contributed by atoms with van der Waals surface area (Å²) >= 11 is 0. The zero-order valence-electron chi connectivity index (χ0n) is 17.8. The Labute approximate surface area is 177 Å². The van der Waals surface area contributed by atoms with E-state index in [2.05, 4.69) is 10.2 Å². The van der Waals surface area contributed by atoms with Crippen molar-refractivity contribution >= 4 is 22.0 Å². The number of rotatable bonds is 6. The molecule has 0 spiro atoms. The maximum atomic E-state index is 13.0. The Hall–Kier alpha value is -1.95. The van der Waals surface area contributed by atoms with Gasteiger partial charge in [-0.3, -0.25) is 9.59 Å². The largest absolute Gasteiger partial charge is 0.459 e. The molecule has 11 heteroatoms. The Kier molecular flexibility index (Phi) is 7.17. The molecule has 2 saturated heterocycles. The van der Waals surface area contributed by atoms with Crippen molar-refractivity contribution < 1.29 is 22.4 Å². The molecular weight excluding hydrogens is 410 g/mol. The zero-order valence-corrected chi connectivity index (χ0v) is 18.6. The maximum absolute atomic E-state index is 13.0. The summed E-state index contributed by atoms with van der Waals surface area (Å²) in [6.45, 7) is 7.19. The SMILES string of the molecule is CC(C)C(NC(=O)c1ccco1)C(=O)N1CCN(S(=O)(=O)N2CCN(C)CC2)CC1. The number of hydrogen-bond donors (Lipinski definition) is 1. The normalized spacial score (nSPS) is 21.0. The van der Waals surface area contributed by atoms with Gasteiger partial charge in [0.2, 0.25) is 5.91 Å². The number of amides is 2. The van der Waals surface area contributed by atoms with Gasteiger partial charge in [-0.25, -0.2) is 0 Å². The van der Waals surface area contributed by atoms with Gasteiger partial charge in [0.15, 0.2) is 5.76 Å². The van der Waals surface area contributed by atoms with E-state index in [4.69, 9.17) is 4.42 Å². The van der Waals surface area contributed by atoms with E-state index in [1.807, 2.05) is 20.9 Å². The Balaban J connectivity index is 1.58. The first-order chi connectivity index (χ1) is 14.2. The van der Waals surface area contributed by atoms with Crippen molar-refractivity contribution in [2.45, 2.75) is 19.9 Å². The first-order valence-corrected chi connectivity index (χ1v) is 11.7. The van der Waals surface area contributed by atoms with E-state index in [0.717, 1.165) is 0 Å². The fourth-order valence-electron chi connectivity index (χ4n) is 3.65. The highest BCUT2D eigenvalue weighted by atomic mass is 32.2. The summed E-state index contributed by atoms with van der Waals surface area (Å²) in [5, 5.41) is 2.74. The van der Waals surface area contributed by atoms with Crippen LogP contribution in [-0.2, 0) is 15.0 Å². The number of likely N-dealkylation sites (N-methyl/N-ethyl adjacent to an activating group) is 1. The second-order valence-corrected chi connectivity index (χ2v) is 10.0. The molecule has 2 aliphatic heterocycles. The number of piperazine rings is 2. The van der Waals surface area contributed by atoms with E-state index in [1.165, 1.54) is 14.9 Å². The van der Waals surface area contributed by atoms with Gasteiger partial charge in [-0.15, -0.1) is 0 Å². The van der Waals surface area contributed by atoms with Crippen molar-refractivity contribution in [1.82, 2.24) is 23.7 Å². The van der Waals surface area contributed by atoms with Crippen LogP contribution in [0.15, 0.2) is 22.8 Å². The Morgan fingerprint density at radius 2 is 1.57 bits per heavy atom. The Bertz CT molecular complexity index is 826. The summed E-state index contributed by atoms with van der Waals surface area (Å²) in [4.78, 5) is 29.1. The molecule has 0 bridgehead atoms. The third kappa shape index (κ3) is 5.02. The van der Waals surface area contributed by atoms with E-state index in [0.29, 0.717) is 39.3 Å². The number of hydrogen-bond acceptors (Lipinski definition) is 6. The summed E-state index contributed by atoms with van der Waals surface area (Å²) < 4.78 is 33.9. The minimum Gasteiger partial charge on any atom is -0.459 e. The molecule has 30 heavy (non-hydrogen) atoms. The second kappa shape index (κ2) is 9.46. The number of furan rings is 1. The summed E-state index contributed by atoms with van der Waals surface area (Å²) in [6, 6.07) is 2.45. The third-order valence-corrected chi connectivity index (χ3v) is 7.66. The van der Waals surface area contributed by atoms with Gasteiger partial charge in [-0.1, -0.05) is 13.8 Å². The standard InChI is InChI=1S/C19H31N5O5S/c1-15(2)17(20-18(25)16-5-4-14-29-16)19(26)22-8-12-24(13-9-22)30(27,28)23-10-6-21(3)7-11-23/h4-5,14-15,17H,6-13H2,1-3H3,(H,20,25). The van der Waals surface area contributed by atoms with Crippen LogP contribution in [0.2, 0.25) is 0 Å². The van der Waals surface area contributed by atoms with Crippen molar-refractivity contribution in [3.63, 3.8) is 0 Å². The molecule has 1 N–H and O–H groups in total. The van der Waals surface area contributed by atoms with Gasteiger partial charge in [-0.2, -0.15) is 17.0 Å². The van der Waals surface area contributed by atoms with Crippen LogP contribution in [-0.4, -0.2) is 104 Å².